The highest BCUT2D eigenvalue weighted by molar-refractivity contribution is 7.12. The van der Waals surface area contributed by atoms with Crippen LogP contribution in [0.3, 0.4) is 0 Å². The van der Waals surface area contributed by atoms with Crippen LogP contribution < -0.4 is 15.5 Å². The number of alkyl halides is 1. The first-order valence-electron chi connectivity index (χ1n) is 7.07. The maximum Gasteiger partial charge on any atom is 0.322 e. The van der Waals surface area contributed by atoms with Crippen LogP contribution in [0.4, 0.5) is 11.4 Å². The smallest absolute Gasteiger partial charge is 0.322 e. The van der Waals surface area contributed by atoms with E-state index in [9.17, 15) is 9.59 Å². The molecule has 0 bridgehead atoms. The van der Waals surface area contributed by atoms with Crippen molar-refractivity contribution in [2.24, 2.45) is 0 Å². The molecule has 0 spiro atoms. The highest BCUT2D eigenvalue weighted by Crippen LogP contribution is 2.29. The van der Waals surface area contributed by atoms with Gasteiger partial charge in [0.15, 0.2) is 0 Å². The average Bonchev–Trinajstić information content (AvgIpc) is 2.93. The number of nitrogens with zero attached hydrogens (tertiary/aromatic N) is 1. The van der Waals surface area contributed by atoms with E-state index in [1.54, 1.807) is 6.07 Å². The third-order valence-electron chi connectivity index (χ3n) is 3.41. The Morgan fingerprint density at radius 2 is 2.30 bits per heavy atom. The van der Waals surface area contributed by atoms with Gasteiger partial charge in [-0.25, -0.2) is 5.10 Å². The second-order valence-corrected chi connectivity index (χ2v) is 6.25. The van der Waals surface area contributed by atoms with Gasteiger partial charge in [0.2, 0.25) is 5.91 Å². The molecule has 1 aromatic carbocycles. The van der Waals surface area contributed by atoms with Gasteiger partial charge in [-0.1, -0.05) is 11.3 Å². The summed E-state index contributed by atoms with van der Waals surface area (Å²) in [6.45, 7) is 1.46. The molecule has 2 heterocycles. The first kappa shape index (κ1) is 16.0. The Labute approximate surface area is 141 Å². The Morgan fingerprint density at radius 1 is 1.48 bits per heavy atom. The van der Waals surface area contributed by atoms with Crippen LogP contribution in [0.25, 0.3) is 10.6 Å². The summed E-state index contributed by atoms with van der Waals surface area (Å²) in [4.78, 5) is 22.6. The summed E-state index contributed by atoms with van der Waals surface area (Å²) in [7, 11) is 0. The normalized spacial score (nSPS) is 16.7. The van der Waals surface area contributed by atoms with Crippen molar-refractivity contribution in [2.75, 3.05) is 29.7 Å². The molecule has 7 nitrogen and oxygen atoms in total. The Morgan fingerprint density at radius 3 is 2.91 bits per heavy atom. The van der Waals surface area contributed by atoms with Crippen molar-refractivity contribution in [3.8, 4) is 10.6 Å². The molecule has 0 aliphatic carbocycles. The van der Waals surface area contributed by atoms with E-state index < -0.39 is 0 Å². The SMILES string of the molecule is O=C(CCl)Nc1cc(-c2n[nH]c(=O)s2)ccc1NC[C@@H]1CCO1. The molecule has 1 aromatic heterocycles. The van der Waals surface area contributed by atoms with Gasteiger partial charge in [-0.15, -0.1) is 11.6 Å². The molecule has 1 fully saturated rings. The number of hydrogen-bond donors (Lipinski definition) is 3. The fourth-order valence-electron chi connectivity index (χ4n) is 2.14. The van der Waals surface area contributed by atoms with E-state index in [2.05, 4.69) is 20.8 Å². The van der Waals surface area contributed by atoms with E-state index in [0.717, 1.165) is 35.6 Å². The van der Waals surface area contributed by atoms with Gasteiger partial charge in [-0.2, -0.15) is 5.10 Å². The Kier molecular flexibility index (Phi) is 4.94. The van der Waals surface area contributed by atoms with Crippen molar-refractivity contribution >= 4 is 40.2 Å². The number of carbonyl (C=O) groups is 1. The number of nitrogens with one attached hydrogen (secondary N) is 3. The van der Waals surface area contributed by atoms with Crippen LogP contribution in [0.2, 0.25) is 0 Å². The van der Waals surface area contributed by atoms with Gasteiger partial charge in [0.1, 0.15) is 10.9 Å². The number of aromatic amines is 1. The monoisotopic (exact) mass is 354 g/mol. The predicted molar refractivity (Wildman–Crippen MR) is 90.4 cm³/mol. The van der Waals surface area contributed by atoms with Crippen LogP contribution in [0.1, 0.15) is 6.42 Å². The molecule has 2 aromatic rings. The Bertz CT molecular complexity index is 756. The molecule has 1 amide bonds. The van der Waals surface area contributed by atoms with Crippen molar-refractivity contribution < 1.29 is 9.53 Å². The van der Waals surface area contributed by atoms with E-state index in [0.29, 0.717) is 17.2 Å². The lowest BCUT2D eigenvalue weighted by Gasteiger charge is -2.27. The minimum atomic E-state index is -0.304. The van der Waals surface area contributed by atoms with Crippen LogP contribution >= 0.6 is 22.9 Å². The molecule has 1 aliphatic rings. The number of rotatable bonds is 6. The van der Waals surface area contributed by atoms with Crippen molar-refractivity contribution in [3.05, 3.63) is 27.9 Å². The summed E-state index contributed by atoms with van der Waals surface area (Å²) in [5.41, 5.74) is 2.10. The molecule has 122 valence electrons. The lowest BCUT2D eigenvalue weighted by Crippen LogP contribution is -2.33. The maximum atomic E-state index is 11.6. The fraction of sp³-hybridized carbons (Fsp3) is 0.357. The summed E-state index contributed by atoms with van der Waals surface area (Å²) in [6.07, 6.45) is 1.22. The van der Waals surface area contributed by atoms with Crippen LogP contribution in [0.15, 0.2) is 23.0 Å². The van der Waals surface area contributed by atoms with E-state index >= 15 is 0 Å². The number of benzene rings is 1. The molecule has 0 radical (unpaired) electrons. The van der Waals surface area contributed by atoms with Gasteiger partial charge in [0.05, 0.1) is 17.5 Å². The highest BCUT2D eigenvalue weighted by atomic mass is 35.5. The van der Waals surface area contributed by atoms with Crippen LogP contribution in [-0.4, -0.2) is 41.2 Å². The number of aromatic nitrogens is 2. The fourth-order valence-corrected chi connectivity index (χ4v) is 2.81. The van der Waals surface area contributed by atoms with Crippen LogP contribution in [-0.2, 0) is 9.53 Å². The van der Waals surface area contributed by atoms with Crippen LogP contribution in [0.5, 0.6) is 0 Å². The largest absolute Gasteiger partial charge is 0.381 e. The summed E-state index contributed by atoms with van der Waals surface area (Å²) < 4.78 is 5.37. The lowest BCUT2D eigenvalue weighted by molar-refractivity contribution is -0.113. The molecule has 23 heavy (non-hydrogen) atoms. The highest BCUT2D eigenvalue weighted by Gasteiger charge is 2.18. The van der Waals surface area contributed by atoms with Gasteiger partial charge < -0.3 is 15.4 Å². The number of anilines is 2. The first-order chi connectivity index (χ1) is 11.2. The van der Waals surface area contributed by atoms with Gasteiger partial charge in [-0.3, -0.25) is 9.59 Å². The average molecular weight is 355 g/mol. The van der Waals surface area contributed by atoms with Gasteiger partial charge >= 0.3 is 4.87 Å². The summed E-state index contributed by atoms with van der Waals surface area (Å²) in [5.74, 6) is -0.438. The van der Waals surface area contributed by atoms with E-state index in [4.69, 9.17) is 16.3 Å². The van der Waals surface area contributed by atoms with Gasteiger partial charge in [0.25, 0.3) is 0 Å². The maximum absolute atomic E-state index is 11.6. The molecule has 0 saturated carbocycles. The van der Waals surface area contributed by atoms with Crippen molar-refractivity contribution in [2.45, 2.75) is 12.5 Å². The van der Waals surface area contributed by atoms with Crippen LogP contribution in [0, 0.1) is 0 Å². The Balaban J connectivity index is 1.84. The third kappa shape index (κ3) is 3.90. The standard InChI is InChI=1S/C14H15ClN4O3S/c15-6-12(20)17-11-5-8(13-18-19-14(21)23-13)1-2-10(11)16-7-9-3-4-22-9/h1-2,5,9,16H,3-4,6-7H2,(H,17,20)(H,19,21)/t9-/m0/s1. The number of amides is 1. The number of carbonyl (C=O) groups excluding carboxylic acids is 1. The lowest BCUT2D eigenvalue weighted by atomic mass is 10.1. The van der Waals surface area contributed by atoms with Gasteiger partial charge in [0, 0.05) is 18.7 Å². The third-order valence-corrected chi connectivity index (χ3v) is 4.45. The minimum absolute atomic E-state index is 0.134. The molecule has 1 saturated heterocycles. The molecule has 9 heteroatoms. The zero-order valence-corrected chi connectivity index (χ0v) is 13.7. The topological polar surface area (TPSA) is 96.1 Å². The predicted octanol–water partition coefficient (Wildman–Crippen LogP) is 1.88. The Hall–Kier alpha value is -1.90. The molecule has 0 unspecified atom stereocenters. The summed E-state index contributed by atoms with van der Waals surface area (Å²) >= 11 is 6.57. The van der Waals surface area contributed by atoms with E-state index in [1.165, 1.54) is 0 Å². The first-order valence-corrected chi connectivity index (χ1v) is 8.42. The second-order valence-electron chi connectivity index (χ2n) is 5.02. The molecular formula is C14H15ClN4O3S. The molecule has 3 N–H and O–H groups in total. The molecule has 1 aliphatic heterocycles. The summed E-state index contributed by atoms with van der Waals surface area (Å²) in [6, 6.07) is 5.44. The number of ether oxygens (including phenoxy) is 1. The minimum Gasteiger partial charge on any atom is -0.381 e. The van der Waals surface area contributed by atoms with Crippen molar-refractivity contribution in [3.63, 3.8) is 0 Å². The van der Waals surface area contributed by atoms with Crippen molar-refractivity contribution in [1.82, 2.24) is 10.2 Å². The molecule has 3 rings (SSSR count). The van der Waals surface area contributed by atoms with E-state index in [1.807, 2.05) is 12.1 Å². The number of halogens is 1. The van der Waals surface area contributed by atoms with E-state index in [-0.39, 0.29) is 22.8 Å². The quantitative estimate of drug-likeness (QED) is 0.688. The zero-order chi connectivity index (χ0) is 16.2. The zero-order valence-electron chi connectivity index (χ0n) is 12.1. The number of H-pyrrole nitrogens is 1. The molecule has 1 atom stereocenters. The number of hydrogen-bond acceptors (Lipinski definition) is 6. The molecular weight excluding hydrogens is 340 g/mol. The van der Waals surface area contributed by atoms with Gasteiger partial charge in [-0.05, 0) is 24.6 Å². The van der Waals surface area contributed by atoms with Crippen molar-refractivity contribution in [1.29, 1.82) is 0 Å². The second kappa shape index (κ2) is 7.12. The summed E-state index contributed by atoms with van der Waals surface area (Å²) in [5, 5.41) is 12.9.